The zero-order valence-electron chi connectivity index (χ0n) is 14.5. The Morgan fingerprint density at radius 3 is 2.30 bits per heavy atom. The van der Waals surface area contributed by atoms with E-state index in [9.17, 15) is 0 Å². The Morgan fingerprint density at radius 1 is 1.04 bits per heavy atom. The lowest BCUT2D eigenvalue weighted by atomic mass is 10.2. The highest BCUT2D eigenvalue weighted by molar-refractivity contribution is 7.98. The first-order chi connectivity index (χ1) is 11.2. The van der Waals surface area contributed by atoms with Crippen LogP contribution in [0.4, 0.5) is 17.5 Å². The minimum absolute atomic E-state index is 0.676. The van der Waals surface area contributed by atoms with E-state index >= 15 is 0 Å². The highest BCUT2D eigenvalue weighted by Crippen LogP contribution is 2.22. The van der Waals surface area contributed by atoms with E-state index in [1.165, 1.54) is 4.90 Å². The Hall–Kier alpha value is -1.75. The first-order valence-electron chi connectivity index (χ1n) is 8.24. The van der Waals surface area contributed by atoms with Gasteiger partial charge in [0.1, 0.15) is 5.82 Å². The van der Waals surface area contributed by atoms with Gasteiger partial charge in [-0.3, -0.25) is 0 Å². The van der Waals surface area contributed by atoms with Crippen LogP contribution in [0.1, 0.15) is 32.9 Å². The van der Waals surface area contributed by atoms with Crippen molar-refractivity contribution in [2.45, 2.75) is 38.5 Å². The third-order valence-corrected chi connectivity index (χ3v) is 4.45. The molecule has 4 nitrogen and oxygen atoms in total. The van der Waals surface area contributed by atoms with Gasteiger partial charge in [-0.05, 0) is 50.8 Å². The molecule has 1 heterocycles. The first kappa shape index (κ1) is 17.6. The number of aryl methyl sites for hydroxylation is 1. The lowest BCUT2D eigenvalue weighted by molar-refractivity contribution is 0.824. The fourth-order valence-electron chi connectivity index (χ4n) is 2.44. The molecule has 124 valence electrons. The van der Waals surface area contributed by atoms with E-state index in [4.69, 9.17) is 4.98 Å². The minimum Gasteiger partial charge on any atom is -0.357 e. The van der Waals surface area contributed by atoms with Crippen molar-refractivity contribution in [3.8, 4) is 0 Å². The molecule has 1 N–H and O–H groups in total. The van der Waals surface area contributed by atoms with Crippen molar-refractivity contribution in [1.82, 2.24) is 9.97 Å². The molecule has 0 atom stereocenters. The van der Waals surface area contributed by atoms with Crippen molar-refractivity contribution >= 4 is 29.2 Å². The van der Waals surface area contributed by atoms with Gasteiger partial charge >= 0.3 is 0 Å². The summed E-state index contributed by atoms with van der Waals surface area (Å²) < 4.78 is 0. The third-order valence-electron chi connectivity index (χ3n) is 3.71. The van der Waals surface area contributed by atoms with E-state index in [2.05, 4.69) is 72.6 Å². The third kappa shape index (κ3) is 4.86. The summed E-state index contributed by atoms with van der Waals surface area (Å²) in [6.07, 6.45) is 4.13. The van der Waals surface area contributed by atoms with Gasteiger partial charge in [0.15, 0.2) is 0 Å². The lowest BCUT2D eigenvalue weighted by Gasteiger charge is -2.21. The number of aromatic nitrogens is 2. The summed E-state index contributed by atoms with van der Waals surface area (Å²) in [7, 11) is 0. The van der Waals surface area contributed by atoms with Gasteiger partial charge in [-0.2, -0.15) is 4.98 Å². The van der Waals surface area contributed by atoms with Crippen LogP contribution < -0.4 is 10.2 Å². The molecule has 0 aliphatic rings. The predicted octanol–water partition coefficient (Wildman–Crippen LogP) is 4.74. The maximum atomic E-state index is 4.69. The van der Waals surface area contributed by atoms with Crippen molar-refractivity contribution in [2.24, 2.45) is 0 Å². The standard InChI is InChI=1S/C18H26N4S/c1-5-8-15-13-17(22(6-2)7-3)21-18(20-15)19-14-9-11-16(23-4)12-10-14/h9-13H,5-8H2,1-4H3,(H,19,20,21). The number of thioether (sulfide) groups is 1. The van der Waals surface area contributed by atoms with Crippen LogP contribution in [0.5, 0.6) is 0 Å². The van der Waals surface area contributed by atoms with Crippen molar-refractivity contribution in [3.63, 3.8) is 0 Å². The van der Waals surface area contributed by atoms with Gasteiger partial charge in [0.05, 0.1) is 0 Å². The van der Waals surface area contributed by atoms with Crippen LogP contribution >= 0.6 is 11.8 Å². The number of anilines is 3. The van der Waals surface area contributed by atoms with Crippen molar-refractivity contribution < 1.29 is 0 Å². The van der Waals surface area contributed by atoms with Crippen LogP contribution in [-0.4, -0.2) is 29.3 Å². The molecule has 0 aliphatic heterocycles. The van der Waals surface area contributed by atoms with Crippen LogP contribution in [0.2, 0.25) is 0 Å². The zero-order valence-corrected chi connectivity index (χ0v) is 15.3. The molecule has 1 aromatic carbocycles. The second-order valence-corrected chi connectivity index (χ2v) is 6.20. The molecule has 0 unspecified atom stereocenters. The quantitative estimate of drug-likeness (QED) is 0.708. The molecule has 2 rings (SSSR count). The van der Waals surface area contributed by atoms with Crippen LogP contribution in [0, 0.1) is 0 Å². The predicted molar refractivity (Wildman–Crippen MR) is 101 cm³/mol. The number of benzene rings is 1. The highest BCUT2D eigenvalue weighted by Gasteiger charge is 2.09. The smallest absolute Gasteiger partial charge is 0.229 e. The SMILES string of the molecule is CCCc1cc(N(CC)CC)nc(Nc2ccc(SC)cc2)n1. The Balaban J connectivity index is 2.27. The largest absolute Gasteiger partial charge is 0.357 e. The molecule has 0 radical (unpaired) electrons. The molecule has 5 heteroatoms. The summed E-state index contributed by atoms with van der Waals surface area (Å²) in [5, 5.41) is 3.34. The molecular formula is C18H26N4S. The summed E-state index contributed by atoms with van der Waals surface area (Å²) in [6.45, 7) is 8.37. The van der Waals surface area contributed by atoms with Crippen LogP contribution in [-0.2, 0) is 6.42 Å². The van der Waals surface area contributed by atoms with Gasteiger partial charge in [-0.1, -0.05) is 13.3 Å². The van der Waals surface area contributed by atoms with Gasteiger partial charge < -0.3 is 10.2 Å². The van der Waals surface area contributed by atoms with Crippen LogP contribution in [0.25, 0.3) is 0 Å². The fourth-order valence-corrected chi connectivity index (χ4v) is 2.84. The second-order valence-electron chi connectivity index (χ2n) is 5.32. The summed E-state index contributed by atoms with van der Waals surface area (Å²) in [5.41, 5.74) is 2.11. The molecule has 0 amide bonds. The van der Waals surface area contributed by atoms with Gasteiger partial charge in [0.2, 0.25) is 5.95 Å². The average molecular weight is 331 g/mol. The Bertz CT molecular complexity index is 609. The molecule has 0 spiro atoms. The number of hydrogen-bond acceptors (Lipinski definition) is 5. The van der Waals surface area contributed by atoms with E-state index < -0.39 is 0 Å². The van der Waals surface area contributed by atoms with Crippen molar-refractivity contribution in [2.75, 3.05) is 29.6 Å². The Labute approximate surface area is 143 Å². The van der Waals surface area contributed by atoms with Gasteiger partial charge in [0.25, 0.3) is 0 Å². The van der Waals surface area contributed by atoms with Gasteiger partial charge in [0, 0.05) is 35.4 Å². The molecular weight excluding hydrogens is 304 g/mol. The van der Waals surface area contributed by atoms with Gasteiger partial charge in [-0.25, -0.2) is 4.98 Å². The number of nitrogens with zero attached hydrogens (tertiary/aromatic N) is 3. The number of hydrogen-bond donors (Lipinski definition) is 1. The number of nitrogens with one attached hydrogen (secondary N) is 1. The maximum Gasteiger partial charge on any atom is 0.229 e. The fraction of sp³-hybridized carbons (Fsp3) is 0.444. The molecule has 0 saturated carbocycles. The molecule has 2 aromatic rings. The van der Waals surface area contributed by atoms with E-state index in [1.807, 2.05) is 0 Å². The second kappa shape index (κ2) is 8.77. The van der Waals surface area contributed by atoms with E-state index in [1.54, 1.807) is 11.8 Å². The molecule has 1 aromatic heterocycles. The van der Waals surface area contributed by atoms with Crippen molar-refractivity contribution in [1.29, 1.82) is 0 Å². The van der Waals surface area contributed by atoms with E-state index in [0.29, 0.717) is 5.95 Å². The average Bonchev–Trinajstić information content (AvgIpc) is 2.57. The molecule has 0 saturated heterocycles. The number of rotatable bonds is 8. The molecule has 0 bridgehead atoms. The van der Waals surface area contributed by atoms with Crippen LogP contribution in [0.3, 0.4) is 0 Å². The van der Waals surface area contributed by atoms with E-state index in [-0.39, 0.29) is 0 Å². The zero-order chi connectivity index (χ0) is 16.7. The summed E-state index contributed by atoms with van der Waals surface area (Å²) >= 11 is 1.74. The van der Waals surface area contributed by atoms with Crippen LogP contribution in [0.15, 0.2) is 35.2 Å². The summed E-state index contributed by atoms with van der Waals surface area (Å²) in [4.78, 5) is 12.9. The summed E-state index contributed by atoms with van der Waals surface area (Å²) in [5.74, 6) is 1.67. The Kier molecular flexibility index (Phi) is 6.71. The topological polar surface area (TPSA) is 41.1 Å². The minimum atomic E-state index is 0.676. The Morgan fingerprint density at radius 2 is 1.74 bits per heavy atom. The lowest BCUT2D eigenvalue weighted by Crippen LogP contribution is -2.23. The molecule has 0 fully saturated rings. The maximum absolute atomic E-state index is 4.69. The molecule has 23 heavy (non-hydrogen) atoms. The normalized spacial score (nSPS) is 10.6. The first-order valence-corrected chi connectivity index (χ1v) is 9.46. The summed E-state index contributed by atoms with van der Waals surface area (Å²) in [6, 6.07) is 10.5. The highest BCUT2D eigenvalue weighted by atomic mass is 32.2. The molecule has 0 aliphatic carbocycles. The monoisotopic (exact) mass is 330 g/mol. The van der Waals surface area contributed by atoms with E-state index in [0.717, 1.165) is 43.1 Å². The van der Waals surface area contributed by atoms with Gasteiger partial charge in [-0.15, -0.1) is 11.8 Å². The van der Waals surface area contributed by atoms with Crippen molar-refractivity contribution in [3.05, 3.63) is 36.0 Å².